The average molecular weight is 1130 g/mol. The number of quaternary nitrogens is 1. The van der Waals surface area contributed by atoms with E-state index in [9.17, 15) is 19.0 Å². The lowest BCUT2D eigenvalue weighted by Gasteiger charge is -2.30. The second kappa shape index (κ2) is 58.6. The quantitative estimate of drug-likeness (QED) is 0.0161. The fourth-order valence-corrected chi connectivity index (χ4v) is 10.3. The first-order valence-electron chi connectivity index (χ1n) is 33.3. The van der Waals surface area contributed by atoms with Crippen LogP contribution >= 0.6 is 7.82 Å². The van der Waals surface area contributed by atoms with Gasteiger partial charge in [0.25, 0.3) is 7.82 Å². The Morgan fingerprint density at radius 1 is 0.468 bits per heavy atom. The van der Waals surface area contributed by atoms with E-state index in [4.69, 9.17) is 13.8 Å². The molecule has 460 valence electrons. The molecular formula is C69H127N2O7P. The van der Waals surface area contributed by atoms with E-state index >= 15 is 0 Å². The number of nitrogens with one attached hydrogen (secondary N) is 1. The maximum absolute atomic E-state index is 13.5. The fourth-order valence-electron chi connectivity index (χ4n) is 9.55. The summed E-state index contributed by atoms with van der Waals surface area (Å²) in [6.45, 7) is 6.69. The van der Waals surface area contributed by atoms with Gasteiger partial charge in [0.15, 0.2) is 0 Å². The molecule has 0 aromatic carbocycles. The number of nitrogens with zero attached hydrogens (tertiary/aromatic N) is 1. The van der Waals surface area contributed by atoms with E-state index in [0.29, 0.717) is 17.4 Å². The zero-order valence-electron chi connectivity index (χ0n) is 52.6. The molecule has 1 N–H and O–H groups in total. The van der Waals surface area contributed by atoms with Crippen LogP contribution in [0.1, 0.15) is 303 Å². The number of amides is 1. The first kappa shape index (κ1) is 76.5. The maximum Gasteiger partial charge on any atom is 0.306 e. The summed E-state index contributed by atoms with van der Waals surface area (Å²) >= 11 is 0. The van der Waals surface area contributed by atoms with E-state index in [1.807, 2.05) is 33.3 Å². The largest absolute Gasteiger partial charge is 0.756 e. The minimum absolute atomic E-state index is 0.0260. The molecule has 0 spiro atoms. The van der Waals surface area contributed by atoms with Gasteiger partial charge in [-0.1, -0.05) is 280 Å². The third-order valence-corrected chi connectivity index (χ3v) is 15.6. The van der Waals surface area contributed by atoms with Crippen LogP contribution in [0.25, 0.3) is 0 Å². The zero-order valence-corrected chi connectivity index (χ0v) is 53.5. The summed E-state index contributed by atoms with van der Waals surface area (Å²) in [6, 6.07) is -0.895. The Morgan fingerprint density at radius 2 is 0.861 bits per heavy atom. The molecule has 9 nitrogen and oxygen atoms in total. The van der Waals surface area contributed by atoms with Crippen molar-refractivity contribution in [2.45, 2.75) is 315 Å². The molecule has 3 unspecified atom stereocenters. The summed E-state index contributed by atoms with van der Waals surface area (Å²) < 4.78 is 30.3. The SMILES string of the molecule is CC/C=C/C=C/C=C/CCCCCCCCCC(=O)NC(COP(=O)([O-])OCC[N+](C)(C)C)C(/C=C\CCCCCCCCCCC)OC(=O)CCCCCCCCCCCCCCCCCCC/C=C\C/C=C\CCCCC. The Bertz CT molecular complexity index is 1580. The fraction of sp³-hybridized carbons (Fsp3) is 0.797. The van der Waals surface area contributed by atoms with Gasteiger partial charge >= 0.3 is 5.97 Å². The number of hydrogen-bond donors (Lipinski definition) is 1. The first-order chi connectivity index (χ1) is 38.4. The van der Waals surface area contributed by atoms with Crippen molar-refractivity contribution in [1.82, 2.24) is 5.32 Å². The van der Waals surface area contributed by atoms with Crippen LogP contribution in [0.4, 0.5) is 0 Å². The van der Waals surface area contributed by atoms with E-state index in [1.54, 1.807) is 0 Å². The topological polar surface area (TPSA) is 114 Å². The summed E-state index contributed by atoms with van der Waals surface area (Å²) in [5, 5.41) is 3.02. The van der Waals surface area contributed by atoms with Gasteiger partial charge in [-0.05, 0) is 83.1 Å². The van der Waals surface area contributed by atoms with Gasteiger partial charge in [0.05, 0.1) is 33.8 Å². The van der Waals surface area contributed by atoms with E-state index < -0.39 is 26.6 Å². The van der Waals surface area contributed by atoms with Crippen LogP contribution in [0.5, 0.6) is 0 Å². The van der Waals surface area contributed by atoms with Crippen LogP contribution in [0.2, 0.25) is 0 Å². The number of likely N-dealkylation sites (N-methyl/N-ethyl adjacent to an activating group) is 1. The van der Waals surface area contributed by atoms with E-state index in [2.05, 4.69) is 86.8 Å². The minimum atomic E-state index is -4.70. The predicted molar refractivity (Wildman–Crippen MR) is 339 cm³/mol. The molecule has 1 amide bonds. The van der Waals surface area contributed by atoms with E-state index in [1.165, 1.54) is 186 Å². The molecule has 0 saturated carbocycles. The number of phosphoric ester groups is 1. The van der Waals surface area contributed by atoms with Crippen LogP contribution in [0.15, 0.2) is 72.9 Å². The molecule has 0 rings (SSSR count). The molecule has 0 aromatic rings. The van der Waals surface area contributed by atoms with Crippen LogP contribution in [-0.4, -0.2) is 69.4 Å². The highest BCUT2D eigenvalue weighted by atomic mass is 31.2. The van der Waals surface area contributed by atoms with Crippen molar-refractivity contribution in [3.8, 4) is 0 Å². The van der Waals surface area contributed by atoms with Crippen molar-refractivity contribution in [2.24, 2.45) is 0 Å². The molecule has 0 fully saturated rings. The van der Waals surface area contributed by atoms with Crippen LogP contribution in [-0.2, 0) is 27.9 Å². The smallest absolute Gasteiger partial charge is 0.306 e. The van der Waals surface area contributed by atoms with Gasteiger partial charge in [-0.15, -0.1) is 0 Å². The summed E-state index contributed by atoms with van der Waals surface area (Å²) in [4.78, 5) is 40.0. The molecule has 0 aliphatic rings. The standard InChI is InChI=1S/C69H127N2O7P/c1-7-10-13-16-19-22-25-27-29-30-31-32-33-34-35-36-37-38-39-40-42-44-47-50-53-56-59-62-69(73)78-67(60-57-54-51-48-45-24-21-18-15-12-9-3)66(65-77-79(74,75)76-64-63-71(4,5)6)70-68(72)61-58-55-52-49-46-43-41-28-26-23-20-17-14-11-8-2/h11,14,17,19-20,22-23,26-27,29,57,60,66-67H,7-10,12-13,15-16,18,21,24-25,28,30-56,58-59,61-65H2,1-6H3,(H-,70,72,74,75)/b14-11+,20-17+,22-19-,26-23+,29-27-,60-57-. The van der Waals surface area contributed by atoms with E-state index in [0.717, 1.165) is 83.5 Å². The summed E-state index contributed by atoms with van der Waals surface area (Å²) in [5.41, 5.74) is 0. The Hall–Kier alpha value is -2.55. The van der Waals surface area contributed by atoms with Gasteiger partial charge in [0, 0.05) is 12.8 Å². The molecule has 3 atom stereocenters. The lowest BCUT2D eigenvalue weighted by atomic mass is 10.0. The first-order valence-corrected chi connectivity index (χ1v) is 34.7. The summed E-state index contributed by atoms with van der Waals surface area (Å²) in [7, 11) is 1.18. The minimum Gasteiger partial charge on any atom is -0.756 e. The number of rotatable bonds is 60. The number of esters is 1. The number of unbranched alkanes of at least 4 members (excludes halogenated alkanes) is 36. The van der Waals surface area contributed by atoms with Crippen LogP contribution in [0, 0.1) is 0 Å². The summed E-state index contributed by atoms with van der Waals surface area (Å²) in [6.07, 6.45) is 76.0. The number of allylic oxidation sites excluding steroid dienone is 11. The maximum atomic E-state index is 13.5. The molecular weight excluding hydrogens is 1000 g/mol. The molecule has 10 heteroatoms. The van der Waals surface area contributed by atoms with Crippen LogP contribution < -0.4 is 10.2 Å². The predicted octanol–water partition coefficient (Wildman–Crippen LogP) is 20.2. The van der Waals surface area contributed by atoms with Gasteiger partial charge in [-0.2, -0.15) is 0 Å². The third kappa shape index (κ3) is 59.9. The van der Waals surface area contributed by atoms with Gasteiger partial charge in [0.1, 0.15) is 19.3 Å². The van der Waals surface area contributed by atoms with Gasteiger partial charge in [-0.3, -0.25) is 14.2 Å². The highest BCUT2D eigenvalue weighted by molar-refractivity contribution is 7.45. The van der Waals surface area contributed by atoms with Crippen molar-refractivity contribution in [3.05, 3.63) is 72.9 Å². The van der Waals surface area contributed by atoms with Gasteiger partial charge in [0.2, 0.25) is 5.91 Å². The van der Waals surface area contributed by atoms with Gasteiger partial charge in [-0.25, -0.2) is 0 Å². The average Bonchev–Trinajstić information content (AvgIpc) is 3.41. The second-order valence-corrected chi connectivity index (χ2v) is 25.1. The van der Waals surface area contributed by atoms with Gasteiger partial charge < -0.3 is 28.5 Å². The summed E-state index contributed by atoms with van der Waals surface area (Å²) in [5.74, 6) is -0.549. The number of carbonyl (C=O) groups excluding carboxylic acids is 2. The number of hydrogen-bond acceptors (Lipinski definition) is 7. The van der Waals surface area contributed by atoms with E-state index in [-0.39, 0.29) is 24.9 Å². The molecule has 0 aromatic heterocycles. The highest BCUT2D eigenvalue weighted by Gasteiger charge is 2.27. The Labute approximate surface area is 489 Å². The van der Waals surface area contributed by atoms with Crippen molar-refractivity contribution in [3.63, 3.8) is 0 Å². The lowest BCUT2D eigenvalue weighted by molar-refractivity contribution is -0.870. The molecule has 0 heterocycles. The molecule has 0 saturated heterocycles. The molecule has 0 aliphatic carbocycles. The molecule has 79 heavy (non-hydrogen) atoms. The number of carbonyl (C=O) groups is 2. The Kier molecular flexibility index (Phi) is 56.7. The highest BCUT2D eigenvalue weighted by Crippen LogP contribution is 2.38. The molecule has 0 radical (unpaired) electrons. The zero-order chi connectivity index (χ0) is 57.9. The number of phosphoric acid groups is 1. The Balaban J connectivity index is 4.99. The monoisotopic (exact) mass is 1130 g/mol. The normalized spacial score (nSPS) is 14.1. The van der Waals surface area contributed by atoms with Crippen molar-refractivity contribution >= 4 is 19.7 Å². The van der Waals surface area contributed by atoms with Crippen molar-refractivity contribution in [1.29, 1.82) is 0 Å². The van der Waals surface area contributed by atoms with Crippen LogP contribution in [0.3, 0.4) is 0 Å². The third-order valence-electron chi connectivity index (χ3n) is 14.7. The van der Waals surface area contributed by atoms with Crippen molar-refractivity contribution < 1.29 is 37.3 Å². The second-order valence-electron chi connectivity index (χ2n) is 23.7. The lowest BCUT2D eigenvalue weighted by Crippen LogP contribution is -2.47. The molecule has 0 bridgehead atoms. The number of ether oxygens (including phenoxy) is 1. The molecule has 0 aliphatic heterocycles. The Morgan fingerprint density at radius 3 is 1.33 bits per heavy atom. The van der Waals surface area contributed by atoms with Crippen molar-refractivity contribution in [2.75, 3.05) is 40.9 Å².